The minimum atomic E-state index is -0.955. The number of carboxylic acid groups (broad SMARTS) is 1. The molecule has 0 aliphatic carbocycles. The van der Waals surface area contributed by atoms with Crippen LogP contribution in [-0.4, -0.2) is 52.2 Å². The van der Waals surface area contributed by atoms with Crippen molar-refractivity contribution in [2.45, 2.75) is 45.7 Å². The molecule has 0 spiro atoms. The Labute approximate surface area is 167 Å². The normalized spacial score (nSPS) is 19.0. The quantitative estimate of drug-likeness (QED) is 0.601. The number of carbonyl (C=O) groups excluding carboxylic acids is 4. The molecule has 3 N–H and O–H groups in total. The number of rotatable bonds is 6. The molecule has 0 saturated carbocycles. The number of piperidine rings is 1. The van der Waals surface area contributed by atoms with Crippen LogP contribution in [0.3, 0.4) is 0 Å². The number of nitrogens with zero attached hydrogens (tertiary/aromatic N) is 1. The van der Waals surface area contributed by atoms with E-state index in [2.05, 4.69) is 10.6 Å². The second kappa shape index (κ2) is 7.65. The summed E-state index contributed by atoms with van der Waals surface area (Å²) in [6.45, 7) is 3.60. The maximum Gasteiger partial charge on any atom is 0.309 e. The monoisotopic (exact) mass is 401 g/mol. The first-order valence-electron chi connectivity index (χ1n) is 9.39. The summed E-state index contributed by atoms with van der Waals surface area (Å²) in [6.07, 6.45) is 0.717. The average molecular weight is 401 g/mol. The fraction of sp³-hybridized carbons (Fsp3) is 0.450. The number of fused-ring (bicyclic) bond motifs is 1. The van der Waals surface area contributed by atoms with E-state index in [0.717, 1.165) is 0 Å². The summed E-state index contributed by atoms with van der Waals surface area (Å²) in [5.41, 5.74) is 0.399. The SMILES string of the molecule is CC(C)(CCNC(=O)c1ccc2c(c1)C(=O)N(C1CCC(=O)NC1=O)C2)C(=O)O. The van der Waals surface area contributed by atoms with E-state index in [-0.39, 0.29) is 49.7 Å². The molecule has 9 nitrogen and oxygen atoms in total. The molecule has 29 heavy (non-hydrogen) atoms. The van der Waals surface area contributed by atoms with Gasteiger partial charge in [-0.2, -0.15) is 0 Å². The third-order valence-electron chi connectivity index (χ3n) is 5.40. The van der Waals surface area contributed by atoms with Crippen LogP contribution in [0.1, 0.15) is 59.4 Å². The van der Waals surface area contributed by atoms with E-state index < -0.39 is 29.2 Å². The standard InChI is InChI=1S/C20H23N3O6/c1-20(2,19(28)29)7-8-21-16(25)11-3-4-12-10-23(18(27)13(12)9-11)14-5-6-15(24)22-17(14)26/h3-4,9,14H,5-8,10H2,1-2H3,(H,21,25)(H,28,29)(H,22,24,26). The molecule has 1 fully saturated rings. The summed E-state index contributed by atoms with van der Waals surface area (Å²) in [5, 5.41) is 14.0. The van der Waals surface area contributed by atoms with Crippen molar-refractivity contribution >= 4 is 29.6 Å². The van der Waals surface area contributed by atoms with Crippen molar-refractivity contribution in [2.24, 2.45) is 5.41 Å². The molecule has 2 aliphatic rings. The predicted molar refractivity (Wildman–Crippen MR) is 101 cm³/mol. The smallest absolute Gasteiger partial charge is 0.309 e. The Kier molecular flexibility index (Phi) is 5.41. The topological polar surface area (TPSA) is 133 Å². The molecule has 1 aromatic rings. The molecule has 1 saturated heterocycles. The van der Waals surface area contributed by atoms with Crippen LogP contribution >= 0.6 is 0 Å². The van der Waals surface area contributed by atoms with Crippen LogP contribution in [0, 0.1) is 5.41 Å². The highest BCUT2D eigenvalue weighted by Gasteiger charge is 2.39. The molecular weight excluding hydrogens is 378 g/mol. The first-order chi connectivity index (χ1) is 13.6. The Morgan fingerprint density at radius 1 is 1.28 bits per heavy atom. The van der Waals surface area contributed by atoms with Crippen molar-refractivity contribution in [2.75, 3.05) is 6.54 Å². The van der Waals surface area contributed by atoms with Crippen LogP contribution in [0.4, 0.5) is 0 Å². The maximum absolute atomic E-state index is 12.8. The number of amides is 4. The molecule has 1 aromatic carbocycles. The highest BCUT2D eigenvalue weighted by molar-refractivity contribution is 6.06. The van der Waals surface area contributed by atoms with Crippen LogP contribution in [0.15, 0.2) is 18.2 Å². The molecular formula is C20H23N3O6. The summed E-state index contributed by atoms with van der Waals surface area (Å²) in [7, 11) is 0. The minimum absolute atomic E-state index is 0.177. The maximum atomic E-state index is 12.8. The van der Waals surface area contributed by atoms with Crippen LogP contribution in [0.2, 0.25) is 0 Å². The zero-order valence-electron chi connectivity index (χ0n) is 16.3. The van der Waals surface area contributed by atoms with Gasteiger partial charge in [0.05, 0.1) is 5.41 Å². The molecule has 154 valence electrons. The van der Waals surface area contributed by atoms with Gasteiger partial charge in [0, 0.05) is 30.6 Å². The molecule has 9 heteroatoms. The van der Waals surface area contributed by atoms with E-state index in [1.807, 2.05) is 0 Å². The van der Waals surface area contributed by atoms with Gasteiger partial charge in [-0.25, -0.2) is 0 Å². The Balaban J connectivity index is 1.67. The molecule has 2 heterocycles. The number of imide groups is 1. The minimum Gasteiger partial charge on any atom is -0.481 e. The summed E-state index contributed by atoms with van der Waals surface area (Å²) in [6, 6.07) is 4.05. The molecule has 1 atom stereocenters. The molecule has 2 aliphatic heterocycles. The largest absolute Gasteiger partial charge is 0.481 e. The van der Waals surface area contributed by atoms with Gasteiger partial charge < -0.3 is 15.3 Å². The molecule has 1 unspecified atom stereocenters. The highest BCUT2D eigenvalue weighted by Crippen LogP contribution is 2.28. The van der Waals surface area contributed by atoms with Gasteiger partial charge in [0.15, 0.2) is 0 Å². The molecule has 3 rings (SSSR count). The number of nitrogens with one attached hydrogen (secondary N) is 2. The van der Waals surface area contributed by atoms with Crippen LogP contribution < -0.4 is 10.6 Å². The number of hydrogen-bond acceptors (Lipinski definition) is 5. The van der Waals surface area contributed by atoms with Gasteiger partial charge in [-0.1, -0.05) is 6.07 Å². The fourth-order valence-electron chi connectivity index (χ4n) is 3.39. The van der Waals surface area contributed by atoms with Crippen molar-refractivity contribution < 1.29 is 29.1 Å². The third kappa shape index (κ3) is 4.13. The zero-order valence-corrected chi connectivity index (χ0v) is 16.3. The van der Waals surface area contributed by atoms with Crippen molar-refractivity contribution in [1.29, 1.82) is 0 Å². The van der Waals surface area contributed by atoms with E-state index >= 15 is 0 Å². The molecule has 4 amide bonds. The number of aliphatic carboxylic acids is 1. The Morgan fingerprint density at radius 2 is 2.00 bits per heavy atom. The van der Waals surface area contributed by atoms with E-state index in [4.69, 9.17) is 5.11 Å². The van der Waals surface area contributed by atoms with E-state index in [9.17, 15) is 24.0 Å². The number of carbonyl (C=O) groups is 5. The van der Waals surface area contributed by atoms with Crippen molar-refractivity contribution in [3.05, 3.63) is 34.9 Å². The van der Waals surface area contributed by atoms with Crippen LogP contribution in [0.25, 0.3) is 0 Å². The fourth-order valence-corrected chi connectivity index (χ4v) is 3.39. The summed E-state index contributed by atoms with van der Waals surface area (Å²) < 4.78 is 0. The van der Waals surface area contributed by atoms with Gasteiger partial charge in [-0.05, 0) is 44.4 Å². The number of benzene rings is 1. The van der Waals surface area contributed by atoms with Crippen LogP contribution in [0.5, 0.6) is 0 Å². The van der Waals surface area contributed by atoms with Gasteiger partial charge in [-0.15, -0.1) is 0 Å². The lowest BCUT2D eigenvalue weighted by Crippen LogP contribution is -2.52. The Morgan fingerprint density at radius 3 is 2.66 bits per heavy atom. The second-order valence-corrected chi connectivity index (χ2v) is 7.97. The van der Waals surface area contributed by atoms with Gasteiger partial charge in [0.1, 0.15) is 6.04 Å². The van der Waals surface area contributed by atoms with E-state index in [0.29, 0.717) is 11.1 Å². The lowest BCUT2D eigenvalue weighted by atomic mass is 9.89. The highest BCUT2D eigenvalue weighted by atomic mass is 16.4. The average Bonchev–Trinajstić information content (AvgIpc) is 2.97. The molecule has 0 aromatic heterocycles. The summed E-state index contributed by atoms with van der Waals surface area (Å²) in [4.78, 5) is 61.1. The van der Waals surface area contributed by atoms with Gasteiger partial charge >= 0.3 is 5.97 Å². The molecule has 0 radical (unpaired) electrons. The third-order valence-corrected chi connectivity index (χ3v) is 5.40. The van der Waals surface area contributed by atoms with Crippen molar-refractivity contribution in [1.82, 2.24) is 15.5 Å². The molecule has 0 bridgehead atoms. The second-order valence-electron chi connectivity index (χ2n) is 7.97. The van der Waals surface area contributed by atoms with E-state index in [1.54, 1.807) is 26.0 Å². The van der Waals surface area contributed by atoms with Crippen molar-refractivity contribution in [3.63, 3.8) is 0 Å². The van der Waals surface area contributed by atoms with Crippen LogP contribution in [-0.2, 0) is 20.9 Å². The summed E-state index contributed by atoms with van der Waals surface area (Å²) >= 11 is 0. The first-order valence-corrected chi connectivity index (χ1v) is 9.39. The Hall–Kier alpha value is -3.23. The first kappa shape index (κ1) is 20.5. The summed E-state index contributed by atoms with van der Waals surface area (Å²) in [5.74, 6) is -2.53. The number of hydrogen-bond donors (Lipinski definition) is 3. The van der Waals surface area contributed by atoms with Gasteiger partial charge in [0.25, 0.3) is 11.8 Å². The lowest BCUT2D eigenvalue weighted by Gasteiger charge is -2.29. The predicted octanol–water partition coefficient (Wildman–Crippen LogP) is 0.678. The van der Waals surface area contributed by atoms with Gasteiger partial charge in [0.2, 0.25) is 11.8 Å². The zero-order chi connectivity index (χ0) is 21.3. The lowest BCUT2D eigenvalue weighted by molar-refractivity contribution is -0.147. The Bertz CT molecular complexity index is 907. The van der Waals surface area contributed by atoms with Gasteiger partial charge in [-0.3, -0.25) is 29.3 Å². The van der Waals surface area contributed by atoms with E-state index in [1.165, 1.54) is 11.0 Å². The number of carboxylic acids is 1. The van der Waals surface area contributed by atoms with Crippen molar-refractivity contribution in [3.8, 4) is 0 Å².